The van der Waals surface area contributed by atoms with Gasteiger partial charge in [-0.15, -0.1) is 0 Å². The number of hydrogen-bond donors (Lipinski definition) is 1. The zero-order valence-corrected chi connectivity index (χ0v) is 13.8. The molecule has 2 aliphatic rings. The maximum absolute atomic E-state index is 13.3. The Morgan fingerprint density at radius 2 is 1.67 bits per heavy atom. The number of anilines is 2. The summed E-state index contributed by atoms with van der Waals surface area (Å²) in [5.41, 5.74) is 0.267. The molecule has 3 rings (SSSR count). The predicted molar refractivity (Wildman–Crippen MR) is 87.5 cm³/mol. The van der Waals surface area contributed by atoms with Crippen molar-refractivity contribution in [2.75, 3.05) is 22.9 Å². The number of nitrogens with zero attached hydrogens (tertiary/aromatic N) is 2. The highest BCUT2D eigenvalue weighted by molar-refractivity contribution is 6.23. The minimum Gasteiger partial charge on any atom is -0.365 e. The first-order valence-corrected chi connectivity index (χ1v) is 8.21. The van der Waals surface area contributed by atoms with E-state index in [2.05, 4.69) is 5.32 Å². The van der Waals surface area contributed by atoms with Gasteiger partial charge in [0.1, 0.15) is 5.54 Å². The topological polar surface area (TPSA) is 52.7 Å². The lowest BCUT2D eigenvalue weighted by atomic mass is 9.93. The molecule has 0 radical (unpaired) electrons. The van der Waals surface area contributed by atoms with Gasteiger partial charge >= 0.3 is 6.03 Å². The standard InChI is InChI=1S/C17H21F2N3O2/c1-3-16(4-2)14(23)22(15(24)20-16)13-7-5-12(6-8-13)21-10-9-17(18,19)11-21/h5-8H,3-4,9-11H2,1-2H3,(H,20,24). The number of benzene rings is 1. The second kappa shape index (κ2) is 5.72. The summed E-state index contributed by atoms with van der Waals surface area (Å²) in [4.78, 5) is 27.6. The molecule has 2 heterocycles. The average Bonchev–Trinajstić information content (AvgIpc) is 3.05. The fraction of sp³-hybridized carbons (Fsp3) is 0.529. The maximum atomic E-state index is 13.3. The van der Waals surface area contributed by atoms with Gasteiger partial charge in [-0.2, -0.15) is 0 Å². The Kier molecular flexibility index (Phi) is 3.97. The molecule has 0 aliphatic carbocycles. The Bertz CT molecular complexity index is 656. The van der Waals surface area contributed by atoms with Crippen molar-refractivity contribution in [3.05, 3.63) is 24.3 Å². The molecule has 1 aromatic rings. The number of hydrogen-bond acceptors (Lipinski definition) is 3. The molecular weight excluding hydrogens is 316 g/mol. The molecule has 2 saturated heterocycles. The molecule has 1 aromatic carbocycles. The van der Waals surface area contributed by atoms with Crippen molar-refractivity contribution in [1.29, 1.82) is 0 Å². The maximum Gasteiger partial charge on any atom is 0.329 e. The summed E-state index contributed by atoms with van der Waals surface area (Å²) < 4.78 is 26.6. The van der Waals surface area contributed by atoms with E-state index in [4.69, 9.17) is 0 Å². The number of alkyl halides is 2. The molecule has 5 nitrogen and oxygen atoms in total. The average molecular weight is 337 g/mol. The Hall–Kier alpha value is -2.18. The summed E-state index contributed by atoms with van der Waals surface area (Å²) in [6.45, 7) is 3.72. The second-order valence-corrected chi connectivity index (χ2v) is 6.40. The third-order valence-electron chi connectivity index (χ3n) is 5.01. The Balaban J connectivity index is 1.81. The van der Waals surface area contributed by atoms with E-state index in [-0.39, 0.29) is 18.9 Å². The molecule has 0 aromatic heterocycles. The Labute approximate surface area is 139 Å². The highest BCUT2D eigenvalue weighted by Gasteiger charge is 2.49. The van der Waals surface area contributed by atoms with Crippen LogP contribution in [-0.4, -0.2) is 36.5 Å². The van der Waals surface area contributed by atoms with Crippen molar-refractivity contribution in [2.24, 2.45) is 0 Å². The van der Waals surface area contributed by atoms with Crippen LogP contribution in [0.15, 0.2) is 24.3 Å². The number of carbonyl (C=O) groups is 2. The van der Waals surface area contributed by atoms with Gasteiger partial charge in [0.15, 0.2) is 0 Å². The molecule has 2 fully saturated rings. The summed E-state index contributed by atoms with van der Waals surface area (Å²) in [6.07, 6.45) is 0.883. The fourth-order valence-electron chi connectivity index (χ4n) is 3.35. The van der Waals surface area contributed by atoms with Crippen LogP contribution < -0.4 is 15.1 Å². The van der Waals surface area contributed by atoms with Gasteiger partial charge in [-0.3, -0.25) is 4.79 Å². The van der Waals surface area contributed by atoms with Crippen LogP contribution in [0.1, 0.15) is 33.1 Å². The van der Waals surface area contributed by atoms with E-state index in [1.807, 2.05) is 13.8 Å². The van der Waals surface area contributed by atoms with Crippen molar-refractivity contribution < 1.29 is 18.4 Å². The SMILES string of the molecule is CCC1(CC)NC(=O)N(c2ccc(N3CCC(F)(F)C3)cc2)C1=O. The molecule has 0 bridgehead atoms. The van der Waals surface area contributed by atoms with Gasteiger partial charge < -0.3 is 10.2 Å². The number of amides is 3. The molecule has 7 heteroatoms. The van der Waals surface area contributed by atoms with E-state index in [9.17, 15) is 18.4 Å². The lowest BCUT2D eigenvalue weighted by Gasteiger charge is -2.23. The summed E-state index contributed by atoms with van der Waals surface area (Å²) in [6, 6.07) is 6.17. The largest absolute Gasteiger partial charge is 0.365 e. The molecule has 1 N–H and O–H groups in total. The molecule has 24 heavy (non-hydrogen) atoms. The lowest BCUT2D eigenvalue weighted by molar-refractivity contribution is -0.122. The zero-order chi connectivity index (χ0) is 17.5. The molecule has 3 amide bonds. The van der Waals surface area contributed by atoms with Crippen LogP contribution in [0.3, 0.4) is 0 Å². The van der Waals surface area contributed by atoms with Crippen molar-refractivity contribution in [2.45, 2.75) is 44.6 Å². The Morgan fingerprint density at radius 1 is 1.08 bits per heavy atom. The van der Waals surface area contributed by atoms with E-state index in [1.165, 1.54) is 0 Å². The Morgan fingerprint density at radius 3 is 2.12 bits per heavy atom. The molecule has 0 atom stereocenters. The number of carbonyl (C=O) groups excluding carboxylic acids is 2. The molecular formula is C17H21F2N3O2. The van der Waals surface area contributed by atoms with Crippen LogP contribution in [0.25, 0.3) is 0 Å². The van der Waals surface area contributed by atoms with Crippen LogP contribution in [0, 0.1) is 0 Å². The second-order valence-electron chi connectivity index (χ2n) is 6.40. The number of rotatable bonds is 4. The van der Waals surface area contributed by atoms with Crippen LogP contribution in [-0.2, 0) is 4.79 Å². The first-order valence-electron chi connectivity index (χ1n) is 8.21. The normalized spacial score (nSPS) is 22.2. The van der Waals surface area contributed by atoms with Crippen LogP contribution in [0.2, 0.25) is 0 Å². The lowest BCUT2D eigenvalue weighted by Crippen LogP contribution is -2.45. The quantitative estimate of drug-likeness (QED) is 0.859. The molecule has 2 aliphatic heterocycles. The van der Waals surface area contributed by atoms with Crippen LogP contribution in [0.5, 0.6) is 0 Å². The summed E-state index contributed by atoms with van der Waals surface area (Å²) >= 11 is 0. The third-order valence-corrected chi connectivity index (χ3v) is 5.01. The summed E-state index contributed by atoms with van der Waals surface area (Å²) in [5.74, 6) is -2.93. The van der Waals surface area contributed by atoms with Gasteiger partial charge in [-0.25, -0.2) is 18.5 Å². The smallest absolute Gasteiger partial charge is 0.329 e. The fourth-order valence-corrected chi connectivity index (χ4v) is 3.35. The van der Waals surface area contributed by atoms with Crippen LogP contribution >= 0.6 is 0 Å². The van der Waals surface area contributed by atoms with Crippen molar-refractivity contribution in [3.63, 3.8) is 0 Å². The first-order chi connectivity index (χ1) is 11.3. The van der Waals surface area contributed by atoms with Crippen molar-refractivity contribution in [1.82, 2.24) is 5.32 Å². The molecule has 130 valence electrons. The minimum atomic E-state index is -2.66. The van der Waals surface area contributed by atoms with Gasteiger partial charge in [0.25, 0.3) is 11.8 Å². The number of imide groups is 1. The highest BCUT2D eigenvalue weighted by Crippen LogP contribution is 2.33. The number of halogens is 2. The van der Waals surface area contributed by atoms with Crippen molar-refractivity contribution >= 4 is 23.3 Å². The summed E-state index contributed by atoms with van der Waals surface area (Å²) in [5, 5.41) is 2.77. The first kappa shape index (κ1) is 16.7. The van der Waals surface area contributed by atoms with Gasteiger partial charge in [0.2, 0.25) is 0 Å². The third kappa shape index (κ3) is 2.61. The van der Waals surface area contributed by atoms with Gasteiger partial charge in [-0.1, -0.05) is 13.8 Å². The molecule has 0 unspecified atom stereocenters. The molecule has 0 spiro atoms. The van der Waals surface area contributed by atoms with E-state index in [1.54, 1.807) is 29.2 Å². The van der Waals surface area contributed by atoms with Crippen molar-refractivity contribution in [3.8, 4) is 0 Å². The minimum absolute atomic E-state index is 0.155. The highest BCUT2D eigenvalue weighted by atomic mass is 19.3. The zero-order valence-electron chi connectivity index (χ0n) is 13.8. The van der Waals surface area contributed by atoms with Gasteiger partial charge in [0.05, 0.1) is 12.2 Å². The van der Waals surface area contributed by atoms with E-state index < -0.39 is 17.5 Å². The predicted octanol–water partition coefficient (Wildman–Crippen LogP) is 3.15. The van der Waals surface area contributed by atoms with E-state index in [0.29, 0.717) is 30.8 Å². The van der Waals surface area contributed by atoms with Crippen LogP contribution in [0.4, 0.5) is 25.0 Å². The van der Waals surface area contributed by atoms with Gasteiger partial charge in [-0.05, 0) is 37.1 Å². The number of nitrogens with one attached hydrogen (secondary N) is 1. The number of urea groups is 1. The van der Waals surface area contributed by atoms with E-state index >= 15 is 0 Å². The summed E-state index contributed by atoms with van der Waals surface area (Å²) in [7, 11) is 0. The van der Waals surface area contributed by atoms with Gasteiger partial charge in [0, 0.05) is 18.7 Å². The molecule has 0 saturated carbocycles. The monoisotopic (exact) mass is 337 g/mol. The van der Waals surface area contributed by atoms with E-state index in [0.717, 1.165) is 4.90 Å².